The molecule has 0 aliphatic rings. The van der Waals surface area contributed by atoms with Crippen LogP contribution in [0, 0.1) is 6.92 Å². The molecule has 0 aliphatic carbocycles. The second-order valence-corrected chi connectivity index (χ2v) is 7.80. The normalized spacial score (nSPS) is 11.5. The fourth-order valence-electron chi connectivity index (χ4n) is 3.00. The van der Waals surface area contributed by atoms with E-state index in [0.29, 0.717) is 29.4 Å². The number of carbonyl (C=O) groups excluding carboxylic acids is 2. The lowest BCUT2D eigenvalue weighted by molar-refractivity contribution is 0.102. The van der Waals surface area contributed by atoms with Crippen LogP contribution in [0.4, 0.5) is 0 Å². The summed E-state index contributed by atoms with van der Waals surface area (Å²) in [6, 6.07) is 5.99. The van der Waals surface area contributed by atoms with Gasteiger partial charge in [-0.15, -0.1) is 0 Å². The molecule has 0 aromatic heterocycles. The number of benzene rings is 2. The molecule has 2 rings (SSSR count). The Bertz CT molecular complexity index is 1040. The van der Waals surface area contributed by atoms with Gasteiger partial charge in [-0.2, -0.15) is 0 Å². The average Bonchev–Trinajstić information content (AvgIpc) is 2.71. The van der Waals surface area contributed by atoms with Crippen molar-refractivity contribution >= 4 is 12.1 Å². The molecule has 164 valence electrons. The van der Waals surface area contributed by atoms with Crippen LogP contribution in [0.2, 0.25) is 0 Å². The number of allylic oxidation sites excluding steroid dienone is 2. The van der Waals surface area contributed by atoms with Gasteiger partial charge in [0, 0.05) is 5.56 Å². The maximum atomic E-state index is 13.4. The molecule has 3 N–H and O–H groups in total. The third-order valence-corrected chi connectivity index (χ3v) is 4.81. The van der Waals surface area contributed by atoms with Gasteiger partial charge in [-0.05, 0) is 69.0 Å². The zero-order valence-corrected chi connectivity index (χ0v) is 18.2. The van der Waals surface area contributed by atoms with E-state index in [1.807, 2.05) is 19.9 Å². The number of ether oxygens (including phenoxy) is 1. The van der Waals surface area contributed by atoms with Crippen molar-refractivity contribution < 1.29 is 29.6 Å². The van der Waals surface area contributed by atoms with Crippen molar-refractivity contribution in [2.45, 2.75) is 40.2 Å². The lowest BCUT2D eigenvalue weighted by atomic mass is 9.90. The molecule has 1 atom stereocenters. The van der Waals surface area contributed by atoms with Crippen LogP contribution >= 0.6 is 0 Å². The minimum absolute atomic E-state index is 0.0290. The lowest BCUT2D eigenvalue weighted by Crippen LogP contribution is -2.18. The van der Waals surface area contributed by atoms with Crippen LogP contribution in [0.5, 0.6) is 17.2 Å². The molecule has 2 aromatic rings. The minimum atomic E-state index is -0.928. The van der Waals surface area contributed by atoms with Crippen molar-refractivity contribution in [3.63, 3.8) is 0 Å². The molecule has 0 amide bonds. The van der Waals surface area contributed by atoms with Gasteiger partial charge in [0.2, 0.25) is 0 Å². The zero-order valence-electron chi connectivity index (χ0n) is 18.2. The number of aromatic hydroxyl groups is 2. The number of carbonyl (C=O) groups is 2. The monoisotopic (exact) mass is 424 g/mol. The van der Waals surface area contributed by atoms with E-state index in [1.54, 1.807) is 26.0 Å². The van der Waals surface area contributed by atoms with Crippen molar-refractivity contribution in [3.05, 3.63) is 75.9 Å². The Hall–Kier alpha value is -3.38. The summed E-state index contributed by atoms with van der Waals surface area (Å²) < 4.78 is 5.52. The molecule has 0 saturated carbocycles. The Morgan fingerprint density at radius 3 is 2.45 bits per heavy atom. The molecule has 0 aliphatic heterocycles. The van der Waals surface area contributed by atoms with E-state index in [-0.39, 0.29) is 34.8 Å². The van der Waals surface area contributed by atoms with Crippen molar-refractivity contribution in [2.24, 2.45) is 0 Å². The highest BCUT2D eigenvalue weighted by atomic mass is 16.5. The molecule has 0 heterocycles. The quantitative estimate of drug-likeness (QED) is 0.315. The Morgan fingerprint density at radius 1 is 1.19 bits per heavy atom. The van der Waals surface area contributed by atoms with E-state index in [4.69, 9.17) is 4.74 Å². The van der Waals surface area contributed by atoms with E-state index in [9.17, 15) is 24.9 Å². The highest BCUT2D eigenvalue weighted by Crippen LogP contribution is 2.35. The first-order valence-corrected chi connectivity index (χ1v) is 9.84. The van der Waals surface area contributed by atoms with Gasteiger partial charge in [-0.25, -0.2) is 0 Å². The highest BCUT2D eigenvalue weighted by molar-refractivity contribution is 6.16. The molecule has 0 saturated heterocycles. The maximum absolute atomic E-state index is 13.4. The van der Waals surface area contributed by atoms with Crippen molar-refractivity contribution in [1.82, 2.24) is 0 Å². The fourth-order valence-corrected chi connectivity index (χ4v) is 3.00. The summed E-state index contributed by atoms with van der Waals surface area (Å²) in [7, 11) is 0. The second-order valence-electron chi connectivity index (χ2n) is 7.80. The Kier molecular flexibility index (Phi) is 7.78. The number of hydrogen-bond donors (Lipinski definition) is 3. The molecule has 2 aromatic carbocycles. The minimum Gasteiger partial charge on any atom is -0.507 e. The van der Waals surface area contributed by atoms with E-state index >= 15 is 0 Å². The van der Waals surface area contributed by atoms with Crippen LogP contribution in [0.15, 0.2) is 48.1 Å². The summed E-state index contributed by atoms with van der Waals surface area (Å²) in [5.41, 5.74) is 2.55. The average molecular weight is 424 g/mol. The van der Waals surface area contributed by atoms with Crippen molar-refractivity contribution in [1.29, 1.82) is 0 Å². The molecule has 0 radical (unpaired) electrons. The summed E-state index contributed by atoms with van der Waals surface area (Å²) in [5.74, 6) is -1.30. The van der Waals surface area contributed by atoms with Crippen molar-refractivity contribution in [2.75, 3.05) is 6.61 Å². The first-order chi connectivity index (χ1) is 14.6. The van der Waals surface area contributed by atoms with Crippen LogP contribution in [0.25, 0.3) is 0 Å². The van der Waals surface area contributed by atoms with E-state index in [2.05, 4.69) is 6.58 Å². The van der Waals surface area contributed by atoms with E-state index in [1.165, 1.54) is 12.1 Å². The largest absolute Gasteiger partial charge is 0.507 e. The lowest BCUT2D eigenvalue weighted by Gasteiger charge is -2.17. The topological polar surface area (TPSA) is 104 Å². The van der Waals surface area contributed by atoms with Gasteiger partial charge in [0.05, 0.1) is 11.1 Å². The number of aldehydes is 1. The predicted molar refractivity (Wildman–Crippen MR) is 119 cm³/mol. The number of ketones is 1. The van der Waals surface area contributed by atoms with Crippen LogP contribution in [-0.4, -0.2) is 40.1 Å². The fraction of sp³-hybridized carbons (Fsp3) is 0.280. The van der Waals surface area contributed by atoms with Crippen LogP contribution in [-0.2, 0) is 6.42 Å². The van der Waals surface area contributed by atoms with Crippen LogP contribution in [0.3, 0.4) is 0 Å². The summed E-state index contributed by atoms with van der Waals surface area (Å²) in [6.07, 6.45) is 1.79. The third kappa shape index (κ3) is 5.61. The Balaban J connectivity index is 2.58. The number of phenols is 2. The summed E-state index contributed by atoms with van der Waals surface area (Å²) in [4.78, 5) is 25.1. The molecule has 6 nitrogen and oxygen atoms in total. The second kappa shape index (κ2) is 10.1. The molecule has 0 fully saturated rings. The summed E-state index contributed by atoms with van der Waals surface area (Å²) in [5, 5.41) is 30.8. The first kappa shape index (κ1) is 23.9. The predicted octanol–water partition coefficient (Wildman–Crippen LogP) is 4.27. The molecular weight excluding hydrogens is 396 g/mol. The molecule has 0 spiro atoms. The SMILES string of the molecule is C=C(C)C(O)COc1cc(C)cc(C(=O)c2c(CC=C(C)C)ccc(O)c2C=O)c1O. The van der Waals surface area contributed by atoms with Crippen LogP contribution in [0.1, 0.15) is 58.2 Å². The smallest absolute Gasteiger partial charge is 0.198 e. The van der Waals surface area contributed by atoms with Crippen molar-refractivity contribution in [3.8, 4) is 17.2 Å². The third-order valence-electron chi connectivity index (χ3n) is 4.81. The number of aliphatic hydroxyl groups is 1. The van der Waals surface area contributed by atoms with Gasteiger partial charge < -0.3 is 20.1 Å². The zero-order chi connectivity index (χ0) is 23.3. The molecule has 31 heavy (non-hydrogen) atoms. The van der Waals surface area contributed by atoms with Crippen LogP contribution < -0.4 is 4.74 Å². The van der Waals surface area contributed by atoms with Gasteiger partial charge in [0.1, 0.15) is 18.5 Å². The summed E-state index contributed by atoms with van der Waals surface area (Å²) in [6.45, 7) is 10.7. The van der Waals surface area contributed by atoms with Gasteiger partial charge >= 0.3 is 0 Å². The maximum Gasteiger partial charge on any atom is 0.198 e. The molecule has 6 heteroatoms. The van der Waals surface area contributed by atoms with Gasteiger partial charge in [0.15, 0.2) is 23.6 Å². The number of phenolic OH excluding ortho intramolecular Hbond substituents is 2. The number of rotatable bonds is 9. The van der Waals surface area contributed by atoms with E-state index < -0.39 is 17.6 Å². The number of hydrogen-bond acceptors (Lipinski definition) is 6. The Morgan fingerprint density at radius 2 is 1.87 bits per heavy atom. The van der Waals surface area contributed by atoms with Gasteiger partial charge in [0.25, 0.3) is 0 Å². The Labute approximate surface area is 182 Å². The molecule has 1 unspecified atom stereocenters. The first-order valence-electron chi connectivity index (χ1n) is 9.84. The highest BCUT2D eigenvalue weighted by Gasteiger charge is 2.25. The van der Waals surface area contributed by atoms with Gasteiger partial charge in [-0.3, -0.25) is 9.59 Å². The van der Waals surface area contributed by atoms with Gasteiger partial charge in [-0.1, -0.05) is 24.3 Å². The van der Waals surface area contributed by atoms with E-state index in [0.717, 1.165) is 5.57 Å². The number of aliphatic hydroxyl groups excluding tert-OH is 1. The molecular formula is C25H28O6. The standard InChI is InChI=1S/C25H28O6/c1-14(2)6-7-17-8-9-20(27)19(12-26)23(17)25(30)18-10-16(5)11-22(24(18)29)31-13-21(28)15(3)4/h6,8-12,21,27-29H,3,7,13H2,1-2,4-5H3. The molecule has 0 bridgehead atoms. The summed E-state index contributed by atoms with van der Waals surface area (Å²) >= 11 is 0. The number of aryl methyl sites for hydroxylation is 1.